The highest BCUT2D eigenvalue weighted by Crippen LogP contribution is 2.37. The second-order valence-electron chi connectivity index (χ2n) is 11.5. The number of ether oxygens (including phenoxy) is 2. The van der Waals surface area contributed by atoms with Crippen molar-refractivity contribution in [3.63, 3.8) is 0 Å². The molecule has 206 valence electrons. The minimum Gasteiger partial charge on any atom is -0.493 e. The fourth-order valence-corrected chi connectivity index (χ4v) is 4.45. The summed E-state index contributed by atoms with van der Waals surface area (Å²) in [6.45, 7) is 15.3. The van der Waals surface area contributed by atoms with Crippen LogP contribution in [0.2, 0.25) is 0 Å². The number of nitrogens with zero attached hydrogens (tertiary/aromatic N) is 2. The first kappa shape index (κ1) is 29.6. The van der Waals surface area contributed by atoms with E-state index in [1.54, 1.807) is 13.2 Å². The molecule has 3 rings (SSSR count). The molecular formula is C32H39N3O4. The molecule has 1 heterocycles. The summed E-state index contributed by atoms with van der Waals surface area (Å²) in [5.41, 5.74) is 3.93. The van der Waals surface area contributed by atoms with Gasteiger partial charge < -0.3 is 14.8 Å². The zero-order chi connectivity index (χ0) is 29.1. The maximum absolute atomic E-state index is 13.7. The van der Waals surface area contributed by atoms with Crippen molar-refractivity contribution in [2.24, 2.45) is 5.41 Å². The summed E-state index contributed by atoms with van der Waals surface area (Å²) in [4.78, 5) is 35.8. The highest BCUT2D eigenvalue weighted by Gasteiger charge is 2.29. The van der Waals surface area contributed by atoms with Crippen LogP contribution in [0.15, 0.2) is 60.0 Å². The van der Waals surface area contributed by atoms with E-state index in [2.05, 4.69) is 26.1 Å². The highest BCUT2D eigenvalue weighted by molar-refractivity contribution is 6.04. The average molecular weight is 530 g/mol. The van der Waals surface area contributed by atoms with Gasteiger partial charge in [-0.1, -0.05) is 84.0 Å². The van der Waals surface area contributed by atoms with E-state index in [1.165, 1.54) is 14.0 Å². The van der Waals surface area contributed by atoms with Gasteiger partial charge in [0.25, 0.3) is 5.91 Å². The number of aryl methyl sites for hydroxylation is 1. The Labute approximate surface area is 231 Å². The molecule has 0 saturated heterocycles. The van der Waals surface area contributed by atoms with Gasteiger partial charge in [-0.3, -0.25) is 9.59 Å². The van der Waals surface area contributed by atoms with E-state index in [1.807, 2.05) is 70.2 Å². The van der Waals surface area contributed by atoms with Crippen molar-refractivity contribution >= 4 is 11.7 Å². The number of hydrogen-bond acceptors (Lipinski definition) is 6. The molecule has 0 atom stereocenters. The lowest BCUT2D eigenvalue weighted by Crippen LogP contribution is -2.33. The van der Waals surface area contributed by atoms with Gasteiger partial charge in [0.05, 0.1) is 31.3 Å². The topological polar surface area (TPSA) is 90.4 Å². The van der Waals surface area contributed by atoms with Gasteiger partial charge in [-0.05, 0) is 24.1 Å². The van der Waals surface area contributed by atoms with Crippen molar-refractivity contribution in [2.75, 3.05) is 14.2 Å². The van der Waals surface area contributed by atoms with E-state index in [4.69, 9.17) is 19.4 Å². The Morgan fingerprint density at radius 2 is 1.38 bits per heavy atom. The fourth-order valence-electron chi connectivity index (χ4n) is 4.45. The molecule has 7 heteroatoms. The SMILES string of the molecule is CO/C(C(C)=O)=C(/NC(=O)c1ccccc1-c1ccccc1-c1nc(C)c(OC)c(C(C)(C)C)n1)C(C)(C)C. The lowest BCUT2D eigenvalue weighted by Gasteiger charge is -2.26. The lowest BCUT2D eigenvalue weighted by molar-refractivity contribution is -0.116. The number of aromatic nitrogens is 2. The number of carbonyl (C=O) groups excluding carboxylic acids is 2. The zero-order valence-electron chi connectivity index (χ0n) is 24.6. The molecule has 7 nitrogen and oxygen atoms in total. The number of carbonyl (C=O) groups is 2. The van der Waals surface area contributed by atoms with Gasteiger partial charge in [-0.25, -0.2) is 9.97 Å². The molecule has 1 amide bonds. The number of benzene rings is 2. The smallest absolute Gasteiger partial charge is 0.256 e. The van der Waals surface area contributed by atoms with Crippen molar-refractivity contribution < 1.29 is 19.1 Å². The molecule has 0 spiro atoms. The van der Waals surface area contributed by atoms with Crippen LogP contribution in [0.25, 0.3) is 22.5 Å². The summed E-state index contributed by atoms with van der Waals surface area (Å²) in [5.74, 6) is 0.749. The quantitative estimate of drug-likeness (QED) is 0.272. The number of Topliss-reactive ketones (excluding diaryl/α,β-unsaturated/α-hetero) is 1. The standard InChI is InChI=1S/C32H39N3O4/c1-19-25(38-9)27(31(3,4)5)34-29(33-19)23-17-13-11-15-21(23)22-16-12-14-18-24(22)30(37)35-28(32(6,7)8)26(39-10)20(2)36/h11-18H,1-10H3,(H,35,37)/b28-26+. The molecule has 0 bridgehead atoms. The third-order valence-corrected chi connectivity index (χ3v) is 6.32. The van der Waals surface area contributed by atoms with Gasteiger partial charge in [0.15, 0.2) is 23.1 Å². The number of ketones is 1. The molecule has 1 aromatic heterocycles. The summed E-state index contributed by atoms with van der Waals surface area (Å²) >= 11 is 0. The predicted octanol–water partition coefficient (Wildman–Crippen LogP) is 6.65. The molecule has 0 fully saturated rings. The maximum Gasteiger partial charge on any atom is 0.256 e. The van der Waals surface area contributed by atoms with E-state index >= 15 is 0 Å². The number of hydrogen-bond donors (Lipinski definition) is 1. The monoisotopic (exact) mass is 529 g/mol. The number of rotatable bonds is 7. The van der Waals surface area contributed by atoms with Gasteiger partial charge in [-0.2, -0.15) is 0 Å². The van der Waals surface area contributed by atoms with Crippen LogP contribution in [0.4, 0.5) is 0 Å². The van der Waals surface area contributed by atoms with E-state index < -0.39 is 5.41 Å². The van der Waals surface area contributed by atoms with Crippen LogP contribution < -0.4 is 10.1 Å². The first-order valence-corrected chi connectivity index (χ1v) is 12.9. The summed E-state index contributed by atoms with van der Waals surface area (Å²) in [7, 11) is 3.06. The third kappa shape index (κ3) is 6.36. The van der Waals surface area contributed by atoms with E-state index in [0.717, 1.165) is 28.1 Å². The van der Waals surface area contributed by atoms with E-state index in [-0.39, 0.29) is 22.9 Å². The summed E-state index contributed by atoms with van der Waals surface area (Å²) in [5, 5.41) is 2.98. The molecule has 2 aromatic carbocycles. The zero-order valence-corrected chi connectivity index (χ0v) is 24.6. The van der Waals surface area contributed by atoms with Gasteiger partial charge in [0, 0.05) is 28.9 Å². The van der Waals surface area contributed by atoms with Crippen molar-refractivity contribution in [2.45, 2.75) is 60.8 Å². The highest BCUT2D eigenvalue weighted by atomic mass is 16.5. The second kappa shape index (κ2) is 11.4. The Kier molecular flexibility index (Phi) is 8.64. The normalized spacial score (nSPS) is 12.5. The van der Waals surface area contributed by atoms with Crippen LogP contribution >= 0.6 is 0 Å². The molecule has 39 heavy (non-hydrogen) atoms. The first-order valence-electron chi connectivity index (χ1n) is 12.9. The Bertz CT molecular complexity index is 1430. The third-order valence-electron chi connectivity index (χ3n) is 6.32. The number of nitrogens with one attached hydrogen (secondary N) is 1. The maximum atomic E-state index is 13.7. The lowest BCUT2D eigenvalue weighted by atomic mass is 9.89. The summed E-state index contributed by atoms with van der Waals surface area (Å²) in [6.07, 6.45) is 0. The summed E-state index contributed by atoms with van der Waals surface area (Å²) < 4.78 is 11.0. The minimum absolute atomic E-state index is 0.130. The van der Waals surface area contributed by atoms with Crippen LogP contribution in [0.1, 0.15) is 70.2 Å². The van der Waals surface area contributed by atoms with Crippen molar-refractivity contribution in [3.8, 4) is 28.3 Å². The molecule has 0 unspecified atom stereocenters. The van der Waals surface area contributed by atoms with Crippen LogP contribution in [-0.4, -0.2) is 35.9 Å². The largest absolute Gasteiger partial charge is 0.493 e. The first-order chi connectivity index (χ1) is 18.2. The Hall–Kier alpha value is -4.00. The van der Waals surface area contributed by atoms with Crippen LogP contribution in [0.5, 0.6) is 5.75 Å². The van der Waals surface area contributed by atoms with Gasteiger partial charge in [0.1, 0.15) is 0 Å². The molecular weight excluding hydrogens is 490 g/mol. The van der Waals surface area contributed by atoms with Crippen LogP contribution in [-0.2, 0) is 14.9 Å². The van der Waals surface area contributed by atoms with Gasteiger partial charge in [-0.15, -0.1) is 0 Å². The Morgan fingerprint density at radius 3 is 1.90 bits per heavy atom. The van der Waals surface area contributed by atoms with Gasteiger partial charge >= 0.3 is 0 Å². The molecule has 0 saturated carbocycles. The number of allylic oxidation sites excluding steroid dienone is 2. The Morgan fingerprint density at radius 1 is 0.821 bits per heavy atom. The molecule has 0 aliphatic heterocycles. The Balaban J connectivity index is 2.21. The van der Waals surface area contributed by atoms with E-state index in [9.17, 15) is 9.59 Å². The van der Waals surface area contributed by atoms with Crippen LogP contribution in [0, 0.1) is 12.3 Å². The van der Waals surface area contributed by atoms with Crippen molar-refractivity contribution in [3.05, 3.63) is 76.9 Å². The van der Waals surface area contributed by atoms with Crippen LogP contribution in [0.3, 0.4) is 0 Å². The molecule has 0 radical (unpaired) electrons. The number of amides is 1. The fraction of sp³-hybridized carbons (Fsp3) is 0.375. The predicted molar refractivity (Wildman–Crippen MR) is 155 cm³/mol. The molecule has 0 aliphatic rings. The second-order valence-corrected chi connectivity index (χ2v) is 11.5. The molecule has 1 N–H and O–H groups in total. The average Bonchev–Trinajstić information content (AvgIpc) is 2.86. The van der Waals surface area contributed by atoms with E-state index in [0.29, 0.717) is 22.8 Å². The minimum atomic E-state index is -0.544. The van der Waals surface area contributed by atoms with Gasteiger partial charge in [0.2, 0.25) is 0 Å². The summed E-state index contributed by atoms with van der Waals surface area (Å²) in [6, 6.07) is 15.1. The number of methoxy groups -OCH3 is 2. The van der Waals surface area contributed by atoms with Crippen molar-refractivity contribution in [1.82, 2.24) is 15.3 Å². The molecule has 0 aliphatic carbocycles. The molecule has 3 aromatic rings. The van der Waals surface area contributed by atoms with Crippen molar-refractivity contribution in [1.29, 1.82) is 0 Å².